The summed E-state index contributed by atoms with van der Waals surface area (Å²) in [5.74, 6) is -6.25. The van der Waals surface area contributed by atoms with Crippen LogP contribution < -0.4 is 5.48 Å². The van der Waals surface area contributed by atoms with Crippen LogP contribution in [0.15, 0.2) is 0 Å². The van der Waals surface area contributed by atoms with Crippen molar-refractivity contribution in [1.29, 1.82) is 0 Å². The Morgan fingerprint density at radius 2 is 1.23 bits per heavy atom. The molecule has 0 radical (unpaired) electrons. The third-order valence-electron chi connectivity index (χ3n) is 1.80. The third-order valence-corrected chi connectivity index (χ3v) is 1.80. The van der Waals surface area contributed by atoms with Gasteiger partial charge in [0.2, 0.25) is 0 Å². The summed E-state index contributed by atoms with van der Waals surface area (Å²) in [6.07, 6.45) is -6.82. The van der Waals surface area contributed by atoms with Gasteiger partial charge in [0.25, 0.3) is 5.91 Å². The van der Waals surface area contributed by atoms with Gasteiger partial charge in [-0.2, -0.15) is 31.8 Å². The minimum Gasteiger partial charge on any atom is -0.475 e. The van der Waals surface area contributed by atoms with Crippen LogP contribution in [0.25, 0.3) is 0 Å². The van der Waals surface area contributed by atoms with Crippen LogP contribution in [-0.2, 0) is 24.0 Å². The van der Waals surface area contributed by atoms with E-state index < -0.39 is 30.3 Å². The van der Waals surface area contributed by atoms with E-state index in [0.717, 1.165) is 19.3 Å². The maximum atomic E-state index is 10.8. The Kier molecular flexibility index (Phi) is 14.9. The molecule has 0 saturated heterocycles. The second-order valence-corrected chi connectivity index (χ2v) is 4.18. The molecule has 0 rings (SSSR count). The molecule has 0 aromatic rings. The lowest BCUT2D eigenvalue weighted by Crippen LogP contribution is -2.25. The minimum atomic E-state index is -5.08. The first kappa shape index (κ1) is 28.3. The smallest absolute Gasteiger partial charge is 0.475 e. The van der Waals surface area contributed by atoms with Crippen molar-refractivity contribution >= 4 is 23.8 Å². The normalized spacial score (nSPS) is 10.3. The number of hydrogen-bond donors (Lipinski definition) is 3. The average molecular weight is 401 g/mol. The van der Waals surface area contributed by atoms with E-state index in [9.17, 15) is 35.9 Å². The molecule has 0 aromatic heterocycles. The summed E-state index contributed by atoms with van der Waals surface area (Å²) in [5, 5.41) is 14.2. The van der Waals surface area contributed by atoms with E-state index in [0.29, 0.717) is 6.42 Å². The Morgan fingerprint density at radius 1 is 0.885 bits per heavy atom. The predicted molar refractivity (Wildman–Crippen MR) is 71.4 cm³/mol. The number of carboxylic acid groups (broad SMARTS) is 2. The molecular weight excluding hydrogens is 384 g/mol. The molecule has 0 fully saturated rings. The van der Waals surface area contributed by atoms with Crippen molar-refractivity contribution in [2.75, 3.05) is 0 Å². The highest BCUT2D eigenvalue weighted by molar-refractivity contribution is 5.77. The largest absolute Gasteiger partial charge is 0.490 e. The molecule has 8 nitrogen and oxygen atoms in total. The minimum absolute atomic E-state index is 0.237. The first-order valence-electron chi connectivity index (χ1n) is 6.62. The van der Waals surface area contributed by atoms with Crippen molar-refractivity contribution in [3.05, 3.63) is 0 Å². The van der Waals surface area contributed by atoms with Gasteiger partial charge in [0.1, 0.15) is 0 Å². The van der Waals surface area contributed by atoms with E-state index in [1.165, 1.54) is 6.92 Å². The zero-order valence-electron chi connectivity index (χ0n) is 13.5. The highest BCUT2D eigenvalue weighted by atomic mass is 19.4. The molecule has 0 spiro atoms. The van der Waals surface area contributed by atoms with E-state index in [4.69, 9.17) is 19.8 Å². The maximum absolute atomic E-state index is 10.8. The maximum Gasteiger partial charge on any atom is 0.490 e. The first-order chi connectivity index (χ1) is 11.6. The summed E-state index contributed by atoms with van der Waals surface area (Å²) in [5.41, 5.74) is 2.05. The van der Waals surface area contributed by atoms with Gasteiger partial charge in [0.05, 0.1) is 0 Å². The molecule has 26 heavy (non-hydrogen) atoms. The Morgan fingerprint density at radius 3 is 1.46 bits per heavy atom. The number of amides is 1. The fraction of sp³-hybridized carbons (Fsp3) is 0.667. The lowest BCUT2D eigenvalue weighted by atomic mass is 10.2. The van der Waals surface area contributed by atoms with Gasteiger partial charge in [-0.1, -0.05) is 19.8 Å². The second kappa shape index (κ2) is 13.7. The van der Waals surface area contributed by atoms with Crippen LogP contribution in [0.2, 0.25) is 0 Å². The van der Waals surface area contributed by atoms with Gasteiger partial charge in [-0.25, -0.2) is 9.59 Å². The summed E-state index contributed by atoms with van der Waals surface area (Å²) in [6, 6.07) is 0. The van der Waals surface area contributed by atoms with Crippen LogP contribution >= 0.6 is 0 Å². The SMILES string of the molecule is CCCCCC(=O)NOC(C)=O.O=C(O)C(F)(F)F.O=C(O)C(F)(F)F. The lowest BCUT2D eigenvalue weighted by molar-refractivity contribution is -0.193. The van der Waals surface area contributed by atoms with Crippen molar-refractivity contribution in [3.8, 4) is 0 Å². The average Bonchev–Trinajstić information content (AvgIpc) is 2.44. The predicted octanol–water partition coefficient (Wildman–Crippen LogP) is 2.43. The number of nitrogens with one attached hydrogen (secondary N) is 1. The van der Waals surface area contributed by atoms with Gasteiger partial charge in [-0.3, -0.25) is 9.59 Å². The van der Waals surface area contributed by atoms with E-state index in [1.54, 1.807) is 0 Å². The fourth-order valence-electron chi connectivity index (χ4n) is 0.715. The lowest BCUT2D eigenvalue weighted by Gasteiger charge is -2.02. The highest BCUT2D eigenvalue weighted by Crippen LogP contribution is 2.13. The summed E-state index contributed by atoms with van der Waals surface area (Å²) < 4.78 is 63.5. The molecule has 1 amide bonds. The molecule has 154 valence electrons. The zero-order chi connectivity index (χ0) is 21.6. The van der Waals surface area contributed by atoms with Crippen molar-refractivity contribution in [1.82, 2.24) is 5.48 Å². The number of hydroxylamine groups is 1. The molecule has 0 aliphatic heterocycles. The number of alkyl halides is 6. The number of carbonyl (C=O) groups excluding carboxylic acids is 2. The number of halogens is 6. The van der Waals surface area contributed by atoms with Gasteiger partial charge >= 0.3 is 30.3 Å². The van der Waals surface area contributed by atoms with Gasteiger partial charge in [0.15, 0.2) is 0 Å². The van der Waals surface area contributed by atoms with E-state index in [2.05, 4.69) is 17.2 Å². The van der Waals surface area contributed by atoms with Crippen molar-refractivity contribution < 1.29 is 60.6 Å². The second-order valence-electron chi connectivity index (χ2n) is 4.18. The standard InChI is InChI=1S/C8H15NO3.2C2HF3O2/c1-3-4-5-6-8(11)9-12-7(2)10;2*3-2(4,5)1(6)7/h3-6H2,1-2H3,(H,9,11);2*(H,6,7). The van der Waals surface area contributed by atoms with E-state index in [1.807, 2.05) is 0 Å². The summed E-state index contributed by atoms with van der Waals surface area (Å²) in [7, 11) is 0. The number of rotatable bonds is 4. The quantitative estimate of drug-likeness (QED) is 0.375. The number of carboxylic acids is 2. The van der Waals surface area contributed by atoms with Gasteiger partial charge in [-0.15, -0.1) is 0 Å². The van der Waals surface area contributed by atoms with Gasteiger partial charge < -0.3 is 15.1 Å². The zero-order valence-corrected chi connectivity index (χ0v) is 13.5. The summed E-state index contributed by atoms with van der Waals surface area (Å²) in [4.78, 5) is 43.2. The van der Waals surface area contributed by atoms with E-state index in [-0.39, 0.29) is 5.91 Å². The molecule has 0 aromatic carbocycles. The van der Waals surface area contributed by atoms with Crippen molar-refractivity contribution in [3.63, 3.8) is 0 Å². The van der Waals surface area contributed by atoms with Crippen LogP contribution in [0.4, 0.5) is 26.3 Å². The Hall–Kier alpha value is -2.54. The van der Waals surface area contributed by atoms with E-state index >= 15 is 0 Å². The number of unbranched alkanes of at least 4 members (excludes halogenated alkanes) is 2. The molecular formula is C12H17F6NO7. The van der Waals surface area contributed by atoms with Crippen LogP contribution in [-0.4, -0.2) is 46.4 Å². The van der Waals surface area contributed by atoms with Gasteiger partial charge in [-0.05, 0) is 6.42 Å². The molecule has 0 atom stereocenters. The van der Waals surface area contributed by atoms with Crippen molar-refractivity contribution in [2.24, 2.45) is 0 Å². The monoisotopic (exact) mass is 401 g/mol. The Labute approximate surface area is 143 Å². The van der Waals surface area contributed by atoms with Gasteiger partial charge in [0, 0.05) is 13.3 Å². The van der Waals surface area contributed by atoms with Crippen LogP contribution in [0.3, 0.4) is 0 Å². The summed E-state index contributed by atoms with van der Waals surface area (Å²) >= 11 is 0. The molecule has 0 unspecified atom stereocenters. The number of hydrogen-bond acceptors (Lipinski definition) is 5. The van der Waals surface area contributed by atoms with Crippen LogP contribution in [0, 0.1) is 0 Å². The van der Waals surface area contributed by atoms with Crippen molar-refractivity contribution in [2.45, 2.75) is 51.9 Å². The van der Waals surface area contributed by atoms with Crippen LogP contribution in [0.1, 0.15) is 39.5 Å². The molecule has 0 heterocycles. The molecule has 0 aliphatic rings. The summed E-state index contributed by atoms with van der Waals surface area (Å²) in [6.45, 7) is 3.30. The molecule has 0 saturated carbocycles. The molecule has 0 bridgehead atoms. The molecule has 14 heteroatoms. The molecule has 0 aliphatic carbocycles. The van der Waals surface area contributed by atoms with Crippen LogP contribution in [0.5, 0.6) is 0 Å². The number of carbonyl (C=O) groups is 4. The molecule has 3 N–H and O–H groups in total. The number of aliphatic carboxylic acids is 2. The highest BCUT2D eigenvalue weighted by Gasteiger charge is 2.38. The Balaban J connectivity index is -0.000000326. The fourth-order valence-corrected chi connectivity index (χ4v) is 0.715. The third kappa shape index (κ3) is 23.7. The Bertz CT molecular complexity index is 438. The first-order valence-corrected chi connectivity index (χ1v) is 6.62. The topological polar surface area (TPSA) is 130 Å².